The van der Waals surface area contributed by atoms with E-state index in [2.05, 4.69) is 19.2 Å². The highest BCUT2D eigenvalue weighted by atomic mass is 35.5. The number of nitrogens with one attached hydrogen (secondary N) is 1. The topological polar surface area (TPSA) is 12.0 Å². The summed E-state index contributed by atoms with van der Waals surface area (Å²) in [6.07, 6.45) is 7.74. The second kappa shape index (κ2) is 18.1. The number of unbranched alkanes of at least 4 members (excludes halogenated alkanes) is 4. The summed E-state index contributed by atoms with van der Waals surface area (Å²) >= 11 is 5.38. The minimum atomic E-state index is 0.827. The van der Waals surface area contributed by atoms with E-state index in [-0.39, 0.29) is 0 Å². The van der Waals surface area contributed by atoms with Gasteiger partial charge in [0.15, 0.2) is 0 Å². The highest BCUT2D eigenvalue weighted by molar-refractivity contribution is 6.17. The highest BCUT2D eigenvalue weighted by Gasteiger charge is 1.79. The van der Waals surface area contributed by atoms with Gasteiger partial charge in [0.2, 0.25) is 0 Å². The third kappa shape index (κ3) is 24.5. The molecular weight excluding hydrogens is 182 g/mol. The first-order chi connectivity index (χ1) is 6.33. The Balaban J connectivity index is 0. The quantitative estimate of drug-likeness (QED) is 0.495. The molecule has 0 atom stereocenters. The predicted octanol–water partition coefficient (Wildman–Crippen LogP) is 3.81. The van der Waals surface area contributed by atoms with E-state index >= 15 is 0 Å². The SMILES string of the molecule is CCCCCCl.CCCCCNC. The maximum Gasteiger partial charge on any atom is 0.0223 e. The van der Waals surface area contributed by atoms with Crippen LogP contribution in [0.4, 0.5) is 0 Å². The maximum atomic E-state index is 5.38. The lowest BCUT2D eigenvalue weighted by Crippen LogP contribution is -2.06. The minimum Gasteiger partial charge on any atom is -0.320 e. The Morgan fingerprint density at radius 3 is 1.77 bits per heavy atom. The fraction of sp³-hybridized carbons (Fsp3) is 1.00. The van der Waals surface area contributed by atoms with Gasteiger partial charge < -0.3 is 5.32 Å². The van der Waals surface area contributed by atoms with Crippen LogP contribution in [-0.2, 0) is 0 Å². The van der Waals surface area contributed by atoms with Gasteiger partial charge in [-0.15, -0.1) is 11.6 Å². The van der Waals surface area contributed by atoms with Crippen LogP contribution in [0.25, 0.3) is 0 Å². The molecule has 0 saturated heterocycles. The molecule has 0 aromatic heterocycles. The van der Waals surface area contributed by atoms with Gasteiger partial charge in [-0.25, -0.2) is 0 Å². The number of hydrogen-bond acceptors (Lipinski definition) is 1. The van der Waals surface area contributed by atoms with E-state index in [1.807, 2.05) is 7.05 Å². The van der Waals surface area contributed by atoms with Crippen molar-refractivity contribution >= 4 is 11.6 Å². The zero-order valence-corrected chi connectivity index (χ0v) is 10.3. The third-order valence-electron chi connectivity index (χ3n) is 1.77. The first kappa shape index (κ1) is 15.7. The summed E-state index contributed by atoms with van der Waals surface area (Å²) in [5.74, 6) is 0.827. The molecule has 0 aliphatic carbocycles. The van der Waals surface area contributed by atoms with Crippen molar-refractivity contribution in [1.82, 2.24) is 5.32 Å². The van der Waals surface area contributed by atoms with Gasteiger partial charge in [-0.05, 0) is 26.4 Å². The summed E-state index contributed by atoms with van der Waals surface area (Å²) in [5.41, 5.74) is 0. The van der Waals surface area contributed by atoms with Crippen LogP contribution in [0.3, 0.4) is 0 Å². The molecule has 0 amide bonds. The summed E-state index contributed by atoms with van der Waals surface area (Å²) in [6.45, 7) is 5.57. The molecule has 0 saturated carbocycles. The zero-order valence-electron chi connectivity index (χ0n) is 9.53. The molecule has 0 radical (unpaired) electrons. The van der Waals surface area contributed by atoms with Crippen LogP contribution in [0.5, 0.6) is 0 Å². The molecular formula is C11H26ClN. The molecule has 2 heteroatoms. The van der Waals surface area contributed by atoms with Crippen molar-refractivity contribution in [3.63, 3.8) is 0 Å². The Morgan fingerprint density at radius 2 is 1.46 bits per heavy atom. The Kier molecular flexibility index (Phi) is 21.9. The van der Waals surface area contributed by atoms with E-state index in [0.717, 1.165) is 5.88 Å². The van der Waals surface area contributed by atoms with Crippen LogP contribution in [0.2, 0.25) is 0 Å². The van der Waals surface area contributed by atoms with Gasteiger partial charge in [0.1, 0.15) is 0 Å². The van der Waals surface area contributed by atoms with Crippen molar-refractivity contribution in [3.05, 3.63) is 0 Å². The molecule has 1 nitrogen and oxygen atoms in total. The third-order valence-corrected chi connectivity index (χ3v) is 2.03. The van der Waals surface area contributed by atoms with Crippen molar-refractivity contribution in [3.8, 4) is 0 Å². The molecule has 0 spiro atoms. The predicted molar refractivity (Wildman–Crippen MR) is 63.7 cm³/mol. The van der Waals surface area contributed by atoms with Crippen molar-refractivity contribution in [2.24, 2.45) is 0 Å². The molecule has 0 aromatic rings. The standard InChI is InChI=1S/C6H15N.C5H11Cl/c1-3-4-5-6-7-2;1-2-3-4-5-6/h7H,3-6H2,1-2H3;2-5H2,1H3. The second-order valence-corrected chi connectivity index (χ2v) is 3.58. The van der Waals surface area contributed by atoms with E-state index in [4.69, 9.17) is 11.6 Å². The van der Waals surface area contributed by atoms with E-state index in [1.54, 1.807) is 0 Å². The van der Waals surface area contributed by atoms with Gasteiger partial charge in [-0.2, -0.15) is 0 Å². The first-order valence-corrected chi connectivity index (χ1v) is 6.07. The zero-order chi connectivity index (χ0) is 10.4. The molecule has 13 heavy (non-hydrogen) atoms. The fourth-order valence-corrected chi connectivity index (χ4v) is 1.09. The van der Waals surface area contributed by atoms with Crippen LogP contribution < -0.4 is 5.32 Å². The lowest BCUT2D eigenvalue weighted by molar-refractivity contribution is 0.667. The monoisotopic (exact) mass is 207 g/mol. The number of halogens is 1. The molecule has 0 rings (SSSR count). The van der Waals surface area contributed by atoms with Gasteiger partial charge in [-0.3, -0.25) is 0 Å². The first-order valence-electron chi connectivity index (χ1n) is 5.54. The largest absolute Gasteiger partial charge is 0.320 e. The Morgan fingerprint density at radius 1 is 0.923 bits per heavy atom. The normalized spacial score (nSPS) is 9.23. The summed E-state index contributed by atoms with van der Waals surface area (Å²) in [5, 5.41) is 3.10. The van der Waals surface area contributed by atoms with Crippen LogP contribution >= 0.6 is 11.6 Å². The van der Waals surface area contributed by atoms with Gasteiger partial charge in [0, 0.05) is 5.88 Å². The average Bonchev–Trinajstić information content (AvgIpc) is 2.17. The Hall–Kier alpha value is 0.250. The number of rotatable bonds is 7. The lowest BCUT2D eigenvalue weighted by Gasteiger charge is -1.93. The van der Waals surface area contributed by atoms with Crippen molar-refractivity contribution < 1.29 is 0 Å². The van der Waals surface area contributed by atoms with Gasteiger partial charge >= 0.3 is 0 Å². The second-order valence-electron chi connectivity index (χ2n) is 3.21. The molecule has 1 N–H and O–H groups in total. The molecule has 0 aliphatic rings. The Bertz CT molecular complexity index is 59.1. The minimum absolute atomic E-state index is 0.827. The van der Waals surface area contributed by atoms with Crippen LogP contribution in [-0.4, -0.2) is 19.5 Å². The Labute approximate surface area is 89.2 Å². The average molecular weight is 208 g/mol. The summed E-state index contributed by atoms with van der Waals surface area (Å²) < 4.78 is 0. The number of hydrogen-bond donors (Lipinski definition) is 1. The van der Waals surface area contributed by atoms with Gasteiger partial charge in [-0.1, -0.05) is 39.5 Å². The maximum absolute atomic E-state index is 5.38. The van der Waals surface area contributed by atoms with E-state index in [0.29, 0.717) is 0 Å². The molecule has 0 unspecified atom stereocenters. The van der Waals surface area contributed by atoms with E-state index < -0.39 is 0 Å². The number of alkyl halides is 1. The van der Waals surface area contributed by atoms with Gasteiger partial charge in [0.25, 0.3) is 0 Å². The van der Waals surface area contributed by atoms with Crippen LogP contribution in [0.15, 0.2) is 0 Å². The molecule has 0 heterocycles. The molecule has 0 bridgehead atoms. The molecule has 0 fully saturated rings. The van der Waals surface area contributed by atoms with Crippen molar-refractivity contribution in [1.29, 1.82) is 0 Å². The van der Waals surface area contributed by atoms with Gasteiger partial charge in [0.05, 0.1) is 0 Å². The van der Waals surface area contributed by atoms with E-state index in [1.165, 1.54) is 45.1 Å². The fourth-order valence-electron chi connectivity index (χ4n) is 0.896. The van der Waals surface area contributed by atoms with Crippen molar-refractivity contribution in [2.75, 3.05) is 19.5 Å². The molecule has 0 aliphatic heterocycles. The highest BCUT2D eigenvalue weighted by Crippen LogP contribution is 1.93. The summed E-state index contributed by atoms with van der Waals surface area (Å²) in [6, 6.07) is 0. The van der Waals surface area contributed by atoms with Crippen LogP contribution in [0.1, 0.15) is 52.4 Å². The van der Waals surface area contributed by atoms with Crippen molar-refractivity contribution in [2.45, 2.75) is 52.4 Å². The van der Waals surface area contributed by atoms with Crippen LogP contribution in [0, 0.1) is 0 Å². The summed E-state index contributed by atoms with van der Waals surface area (Å²) in [7, 11) is 2.00. The van der Waals surface area contributed by atoms with E-state index in [9.17, 15) is 0 Å². The molecule has 82 valence electrons. The lowest BCUT2D eigenvalue weighted by atomic mass is 10.2. The summed E-state index contributed by atoms with van der Waals surface area (Å²) in [4.78, 5) is 0. The smallest absolute Gasteiger partial charge is 0.0223 e. The molecule has 0 aromatic carbocycles.